The topological polar surface area (TPSA) is 78.0 Å². The van der Waals surface area contributed by atoms with E-state index in [1.54, 1.807) is 4.68 Å². The third-order valence-electron chi connectivity index (χ3n) is 2.83. The van der Waals surface area contributed by atoms with Crippen LogP contribution in [0.5, 0.6) is 0 Å². The summed E-state index contributed by atoms with van der Waals surface area (Å²) in [6.45, 7) is 6.49. The number of sulfone groups is 1. The van der Waals surface area contributed by atoms with Crippen molar-refractivity contribution in [2.75, 3.05) is 5.75 Å². The highest BCUT2D eigenvalue weighted by Crippen LogP contribution is 2.11. The van der Waals surface area contributed by atoms with Crippen LogP contribution in [-0.4, -0.2) is 30.0 Å². The highest BCUT2D eigenvalue weighted by molar-refractivity contribution is 7.90. The molecule has 0 aliphatic carbocycles. The first-order valence-electron chi connectivity index (χ1n) is 6.39. The summed E-state index contributed by atoms with van der Waals surface area (Å²) in [5.41, 5.74) is 7.31. The third-order valence-corrected chi connectivity index (χ3v) is 4.42. The summed E-state index contributed by atoms with van der Waals surface area (Å²) in [4.78, 5) is 0. The Morgan fingerprint density at radius 3 is 2.61 bits per heavy atom. The molecule has 1 heterocycles. The first-order valence-corrected chi connectivity index (χ1v) is 8.21. The molecule has 1 atom stereocenters. The summed E-state index contributed by atoms with van der Waals surface area (Å²) in [6, 6.07) is 1.80. The molecule has 18 heavy (non-hydrogen) atoms. The van der Waals surface area contributed by atoms with Gasteiger partial charge in [0.2, 0.25) is 0 Å². The van der Waals surface area contributed by atoms with Crippen molar-refractivity contribution in [1.29, 1.82) is 0 Å². The maximum atomic E-state index is 12.0. The zero-order valence-electron chi connectivity index (χ0n) is 11.4. The molecule has 0 saturated heterocycles. The number of rotatable bonds is 7. The second-order valence-electron chi connectivity index (χ2n) is 4.65. The number of nitrogens with zero attached hydrogens (tertiary/aromatic N) is 2. The Hall–Kier alpha value is -0.880. The zero-order chi connectivity index (χ0) is 13.8. The van der Waals surface area contributed by atoms with Gasteiger partial charge in [-0.05, 0) is 32.8 Å². The van der Waals surface area contributed by atoms with Gasteiger partial charge in [-0.1, -0.05) is 6.92 Å². The minimum atomic E-state index is -3.10. The largest absolute Gasteiger partial charge is 0.328 e. The molecular weight excluding hydrogens is 250 g/mol. The van der Waals surface area contributed by atoms with Crippen LogP contribution in [-0.2, 0) is 28.6 Å². The molecule has 6 heteroatoms. The average molecular weight is 273 g/mol. The minimum Gasteiger partial charge on any atom is -0.328 e. The fourth-order valence-electron chi connectivity index (χ4n) is 1.74. The summed E-state index contributed by atoms with van der Waals surface area (Å²) in [5.74, 6) is 0.196. The fraction of sp³-hybridized carbons (Fsp3) is 0.750. The molecule has 2 N–H and O–H groups in total. The Morgan fingerprint density at radius 1 is 1.44 bits per heavy atom. The van der Waals surface area contributed by atoms with Crippen LogP contribution in [0.3, 0.4) is 0 Å². The molecule has 0 amide bonds. The number of hydrogen-bond acceptors (Lipinski definition) is 4. The smallest absolute Gasteiger partial charge is 0.156 e. The van der Waals surface area contributed by atoms with Crippen LogP contribution in [0.15, 0.2) is 6.07 Å². The van der Waals surface area contributed by atoms with Crippen molar-refractivity contribution in [1.82, 2.24) is 9.78 Å². The maximum absolute atomic E-state index is 12.0. The quantitative estimate of drug-likeness (QED) is 0.807. The fourth-order valence-corrected chi connectivity index (χ4v) is 3.30. The molecule has 0 aromatic carbocycles. The molecule has 5 nitrogen and oxygen atoms in total. The van der Waals surface area contributed by atoms with Gasteiger partial charge in [-0.3, -0.25) is 4.68 Å². The molecule has 1 aromatic rings. The van der Waals surface area contributed by atoms with Gasteiger partial charge < -0.3 is 5.73 Å². The minimum absolute atomic E-state index is 0.0561. The van der Waals surface area contributed by atoms with E-state index in [1.165, 1.54) is 0 Å². The molecule has 0 spiro atoms. The molecule has 0 aliphatic rings. The van der Waals surface area contributed by atoms with Crippen molar-refractivity contribution in [3.05, 3.63) is 17.5 Å². The highest BCUT2D eigenvalue weighted by Gasteiger charge is 2.16. The first-order chi connectivity index (χ1) is 8.38. The van der Waals surface area contributed by atoms with E-state index in [-0.39, 0.29) is 17.5 Å². The van der Waals surface area contributed by atoms with E-state index >= 15 is 0 Å². The molecule has 1 rings (SSSR count). The number of hydrogen-bond donors (Lipinski definition) is 1. The van der Waals surface area contributed by atoms with E-state index in [9.17, 15) is 8.42 Å². The van der Waals surface area contributed by atoms with Crippen molar-refractivity contribution in [3.63, 3.8) is 0 Å². The van der Waals surface area contributed by atoms with Gasteiger partial charge in [0.15, 0.2) is 9.84 Å². The molecular formula is C12H23N3O2S. The Morgan fingerprint density at radius 2 is 2.11 bits per heavy atom. The van der Waals surface area contributed by atoms with Gasteiger partial charge in [-0.25, -0.2) is 8.42 Å². The Kier molecular flexibility index (Phi) is 5.34. The molecule has 1 unspecified atom stereocenters. The van der Waals surface area contributed by atoms with Gasteiger partial charge in [0.25, 0.3) is 0 Å². The molecule has 0 aliphatic heterocycles. The summed E-state index contributed by atoms with van der Waals surface area (Å²) in [6.07, 6.45) is 1.32. The lowest BCUT2D eigenvalue weighted by Gasteiger charge is -2.07. The average Bonchev–Trinajstić information content (AvgIpc) is 2.68. The van der Waals surface area contributed by atoms with E-state index in [4.69, 9.17) is 5.73 Å². The van der Waals surface area contributed by atoms with Crippen molar-refractivity contribution in [2.45, 2.75) is 52.0 Å². The van der Waals surface area contributed by atoms with Crippen LogP contribution >= 0.6 is 0 Å². The van der Waals surface area contributed by atoms with E-state index < -0.39 is 9.84 Å². The highest BCUT2D eigenvalue weighted by atomic mass is 32.2. The Labute approximate surface area is 109 Å². The van der Waals surface area contributed by atoms with Gasteiger partial charge in [-0.2, -0.15) is 5.10 Å². The van der Waals surface area contributed by atoms with Crippen molar-refractivity contribution >= 4 is 9.84 Å². The predicted octanol–water partition coefficient (Wildman–Crippen LogP) is 1.12. The van der Waals surface area contributed by atoms with E-state index in [1.807, 2.05) is 26.8 Å². The summed E-state index contributed by atoms with van der Waals surface area (Å²) >= 11 is 0. The lowest BCUT2D eigenvalue weighted by atomic mass is 10.3. The van der Waals surface area contributed by atoms with Gasteiger partial charge in [0, 0.05) is 12.6 Å². The van der Waals surface area contributed by atoms with E-state index in [0.29, 0.717) is 13.0 Å². The number of aryl methyl sites for hydroxylation is 2. The van der Waals surface area contributed by atoms with Crippen LogP contribution in [0.1, 0.15) is 38.6 Å². The standard InChI is InChI=1S/C12H23N3O2S/c1-4-11-8-12(15(5-2)14-11)9-18(16,17)7-6-10(3)13/h8,10H,4-7,9,13H2,1-3H3. The van der Waals surface area contributed by atoms with Gasteiger partial charge in [-0.15, -0.1) is 0 Å². The Balaban J connectivity index is 2.79. The van der Waals surface area contributed by atoms with Gasteiger partial charge >= 0.3 is 0 Å². The Bertz CT molecular complexity index is 478. The summed E-state index contributed by atoms with van der Waals surface area (Å²) in [5, 5.41) is 4.35. The molecule has 0 saturated carbocycles. The molecule has 0 bridgehead atoms. The molecule has 0 radical (unpaired) electrons. The van der Waals surface area contributed by atoms with Crippen molar-refractivity contribution < 1.29 is 8.42 Å². The van der Waals surface area contributed by atoms with Crippen LogP contribution in [0.25, 0.3) is 0 Å². The van der Waals surface area contributed by atoms with Crippen molar-refractivity contribution in [2.24, 2.45) is 5.73 Å². The van der Waals surface area contributed by atoms with Crippen molar-refractivity contribution in [3.8, 4) is 0 Å². The van der Waals surface area contributed by atoms with Crippen LogP contribution < -0.4 is 5.73 Å². The monoisotopic (exact) mass is 273 g/mol. The predicted molar refractivity (Wildman–Crippen MR) is 73.0 cm³/mol. The van der Waals surface area contributed by atoms with E-state index in [2.05, 4.69) is 5.10 Å². The maximum Gasteiger partial charge on any atom is 0.156 e. The molecule has 0 fully saturated rings. The van der Waals surface area contributed by atoms with Crippen LogP contribution in [0, 0.1) is 0 Å². The van der Waals surface area contributed by atoms with Crippen LogP contribution in [0.2, 0.25) is 0 Å². The third kappa shape index (κ3) is 4.42. The second-order valence-corrected chi connectivity index (χ2v) is 6.84. The number of aromatic nitrogens is 2. The lowest BCUT2D eigenvalue weighted by molar-refractivity contribution is 0.578. The molecule has 1 aromatic heterocycles. The summed E-state index contributed by atoms with van der Waals surface area (Å²) in [7, 11) is -3.10. The summed E-state index contributed by atoms with van der Waals surface area (Å²) < 4.78 is 25.7. The van der Waals surface area contributed by atoms with Gasteiger partial charge in [0.1, 0.15) is 0 Å². The van der Waals surface area contributed by atoms with E-state index in [0.717, 1.165) is 17.8 Å². The number of nitrogens with two attached hydrogens (primary N) is 1. The van der Waals surface area contributed by atoms with Crippen LogP contribution in [0.4, 0.5) is 0 Å². The SMILES string of the molecule is CCc1cc(CS(=O)(=O)CCC(C)N)n(CC)n1. The zero-order valence-corrected chi connectivity index (χ0v) is 12.2. The first kappa shape index (κ1) is 15.2. The second kappa shape index (κ2) is 6.33. The normalized spacial score (nSPS) is 13.8. The van der Waals surface area contributed by atoms with Gasteiger partial charge in [0.05, 0.1) is 22.9 Å². The lowest BCUT2D eigenvalue weighted by Crippen LogP contribution is -2.21. The molecule has 104 valence electrons.